The van der Waals surface area contributed by atoms with Crippen molar-refractivity contribution in [1.82, 2.24) is 14.5 Å². The van der Waals surface area contributed by atoms with Gasteiger partial charge in [0.2, 0.25) is 0 Å². The summed E-state index contributed by atoms with van der Waals surface area (Å²) in [6.07, 6.45) is 4.87. The van der Waals surface area contributed by atoms with Crippen LogP contribution in [0.5, 0.6) is 11.5 Å². The summed E-state index contributed by atoms with van der Waals surface area (Å²) < 4.78 is 12.9. The highest BCUT2D eigenvalue weighted by atomic mass is 16.5. The van der Waals surface area contributed by atoms with E-state index in [-0.39, 0.29) is 5.92 Å². The highest BCUT2D eigenvalue weighted by molar-refractivity contribution is 5.90. The van der Waals surface area contributed by atoms with E-state index in [1.165, 1.54) is 0 Å². The Balaban J connectivity index is 1.56. The number of methoxy groups -OCH3 is 2. The van der Waals surface area contributed by atoms with Crippen molar-refractivity contribution in [2.24, 2.45) is 13.0 Å². The Kier molecular flexibility index (Phi) is 5.32. The van der Waals surface area contributed by atoms with E-state index >= 15 is 0 Å². The van der Waals surface area contributed by atoms with Gasteiger partial charge >= 0.3 is 0 Å². The van der Waals surface area contributed by atoms with Gasteiger partial charge < -0.3 is 24.0 Å². The second-order valence-corrected chi connectivity index (χ2v) is 7.69. The summed E-state index contributed by atoms with van der Waals surface area (Å²) in [6.45, 7) is 3.79. The van der Waals surface area contributed by atoms with Crippen LogP contribution in [0.2, 0.25) is 0 Å². The van der Waals surface area contributed by atoms with E-state index < -0.39 is 6.10 Å². The molecule has 0 radical (unpaired) electrons. The molecule has 1 aliphatic rings. The maximum atomic E-state index is 10.7. The lowest BCUT2D eigenvalue weighted by Crippen LogP contribution is -2.36. The summed E-state index contributed by atoms with van der Waals surface area (Å²) in [7, 11) is 5.23. The molecule has 1 aromatic carbocycles. The smallest absolute Gasteiger partial charge is 0.148 e. The van der Waals surface area contributed by atoms with Crippen molar-refractivity contribution in [2.75, 3.05) is 32.2 Å². The number of pyridine rings is 1. The van der Waals surface area contributed by atoms with Crippen LogP contribution in [-0.2, 0) is 7.05 Å². The van der Waals surface area contributed by atoms with Crippen LogP contribution in [-0.4, -0.2) is 47.0 Å². The molecule has 2 aromatic heterocycles. The minimum absolute atomic E-state index is 0.202. The van der Waals surface area contributed by atoms with Crippen molar-refractivity contribution in [3.63, 3.8) is 0 Å². The van der Waals surface area contributed by atoms with Crippen molar-refractivity contribution in [3.05, 3.63) is 42.0 Å². The lowest BCUT2D eigenvalue weighted by molar-refractivity contribution is 0.0824. The van der Waals surface area contributed by atoms with E-state index in [4.69, 9.17) is 14.5 Å². The molecule has 1 fully saturated rings. The number of fused-ring (bicyclic) bond motifs is 1. The molecule has 154 valence electrons. The SMILES string of the molecule is COc1cc(OC)c2nc(N3CCC(C(O)c4nccn4C)CC3)cc(C)c2c1. The van der Waals surface area contributed by atoms with Gasteiger partial charge in [0.1, 0.15) is 34.8 Å². The number of aryl methyl sites for hydroxylation is 2. The average Bonchev–Trinajstić information content (AvgIpc) is 3.18. The molecule has 3 heterocycles. The topological polar surface area (TPSA) is 72.6 Å². The van der Waals surface area contributed by atoms with Gasteiger partial charge in [-0.25, -0.2) is 9.97 Å². The number of ether oxygens (including phenoxy) is 2. The number of hydrogen-bond donors (Lipinski definition) is 1. The Morgan fingerprint density at radius 1 is 1.14 bits per heavy atom. The molecule has 29 heavy (non-hydrogen) atoms. The molecule has 0 spiro atoms. The first-order chi connectivity index (χ1) is 14.0. The van der Waals surface area contributed by atoms with Gasteiger partial charge in [-0.1, -0.05) is 0 Å². The van der Waals surface area contributed by atoms with Crippen molar-refractivity contribution in [3.8, 4) is 11.5 Å². The van der Waals surface area contributed by atoms with Crippen LogP contribution >= 0.6 is 0 Å². The molecule has 1 aliphatic heterocycles. The Morgan fingerprint density at radius 2 is 1.90 bits per heavy atom. The molecule has 1 unspecified atom stereocenters. The third kappa shape index (κ3) is 3.62. The van der Waals surface area contributed by atoms with E-state index in [0.29, 0.717) is 5.75 Å². The number of imidazole rings is 1. The zero-order valence-electron chi connectivity index (χ0n) is 17.4. The second kappa shape index (κ2) is 7.91. The fourth-order valence-electron chi connectivity index (χ4n) is 4.17. The predicted octanol–water partition coefficient (Wildman–Crippen LogP) is 3.24. The number of aliphatic hydroxyl groups excluding tert-OH is 1. The highest BCUT2D eigenvalue weighted by Gasteiger charge is 2.29. The number of benzene rings is 1. The van der Waals surface area contributed by atoms with E-state index in [1.54, 1.807) is 20.4 Å². The summed E-state index contributed by atoms with van der Waals surface area (Å²) in [5.41, 5.74) is 1.98. The Hall–Kier alpha value is -2.80. The molecular formula is C22H28N4O3. The number of nitrogens with zero attached hydrogens (tertiary/aromatic N) is 4. The number of anilines is 1. The van der Waals surface area contributed by atoms with E-state index in [2.05, 4.69) is 22.9 Å². The standard InChI is InChI=1S/C22H28N4O3/c1-14-11-19(24-20-17(14)12-16(28-3)13-18(20)29-4)26-8-5-15(6-9-26)21(27)22-23-7-10-25(22)2/h7,10-13,15,21,27H,5-6,8-9H2,1-4H3. The lowest BCUT2D eigenvalue weighted by Gasteiger charge is -2.35. The summed E-state index contributed by atoms with van der Waals surface area (Å²) in [6, 6.07) is 5.99. The molecule has 1 N–H and O–H groups in total. The maximum absolute atomic E-state index is 10.7. The lowest BCUT2D eigenvalue weighted by atomic mass is 9.90. The monoisotopic (exact) mass is 396 g/mol. The van der Waals surface area contributed by atoms with Gasteiger partial charge in [-0.3, -0.25) is 0 Å². The fourth-order valence-corrected chi connectivity index (χ4v) is 4.17. The molecule has 3 aromatic rings. The highest BCUT2D eigenvalue weighted by Crippen LogP contribution is 2.36. The Bertz CT molecular complexity index is 1010. The molecule has 1 saturated heterocycles. The van der Waals surface area contributed by atoms with E-state index in [9.17, 15) is 5.11 Å². The first-order valence-electron chi connectivity index (χ1n) is 9.95. The normalized spacial score (nSPS) is 16.2. The van der Waals surface area contributed by atoms with Gasteiger partial charge in [-0.2, -0.15) is 0 Å². The van der Waals surface area contributed by atoms with Crippen LogP contribution < -0.4 is 14.4 Å². The van der Waals surface area contributed by atoms with Crippen molar-refractivity contribution in [1.29, 1.82) is 0 Å². The molecule has 7 heteroatoms. The van der Waals surface area contributed by atoms with Gasteiger partial charge in [0.15, 0.2) is 0 Å². The summed E-state index contributed by atoms with van der Waals surface area (Å²) in [5, 5.41) is 11.8. The zero-order chi connectivity index (χ0) is 20.5. The predicted molar refractivity (Wildman–Crippen MR) is 113 cm³/mol. The maximum Gasteiger partial charge on any atom is 0.148 e. The number of aromatic nitrogens is 3. The van der Waals surface area contributed by atoms with Crippen LogP contribution in [0, 0.1) is 12.8 Å². The number of piperidine rings is 1. The van der Waals surface area contributed by atoms with Gasteiger partial charge in [-0.05, 0) is 43.4 Å². The quantitative estimate of drug-likeness (QED) is 0.714. The van der Waals surface area contributed by atoms with Gasteiger partial charge in [-0.15, -0.1) is 0 Å². The van der Waals surface area contributed by atoms with E-state index in [0.717, 1.165) is 59.8 Å². The molecule has 1 atom stereocenters. The zero-order valence-corrected chi connectivity index (χ0v) is 17.4. The minimum atomic E-state index is -0.531. The molecule has 0 bridgehead atoms. The molecule has 0 aliphatic carbocycles. The number of aliphatic hydroxyl groups is 1. The number of rotatable bonds is 5. The molecule has 7 nitrogen and oxygen atoms in total. The Labute approximate surface area is 170 Å². The first kappa shape index (κ1) is 19.5. The van der Waals surface area contributed by atoms with Crippen molar-refractivity contribution < 1.29 is 14.6 Å². The largest absolute Gasteiger partial charge is 0.497 e. The van der Waals surface area contributed by atoms with Gasteiger partial charge in [0.25, 0.3) is 0 Å². The molecule has 0 amide bonds. The summed E-state index contributed by atoms with van der Waals surface area (Å²) in [5.74, 6) is 3.36. The second-order valence-electron chi connectivity index (χ2n) is 7.69. The molecule has 4 rings (SSSR count). The van der Waals surface area contributed by atoms with Crippen LogP contribution in [0.25, 0.3) is 10.9 Å². The average molecular weight is 396 g/mol. The Morgan fingerprint density at radius 3 is 2.52 bits per heavy atom. The van der Waals surface area contributed by atoms with Crippen LogP contribution in [0.15, 0.2) is 30.6 Å². The minimum Gasteiger partial charge on any atom is -0.497 e. The van der Waals surface area contributed by atoms with Gasteiger partial charge in [0, 0.05) is 44.0 Å². The molecule has 0 saturated carbocycles. The third-order valence-electron chi connectivity index (χ3n) is 5.93. The fraction of sp³-hybridized carbons (Fsp3) is 0.455. The van der Waals surface area contributed by atoms with Crippen molar-refractivity contribution in [2.45, 2.75) is 25.9 Å². The van der Waals surface area contributed by atoms with Crippen LogP contribution in [0.1, 0.15) is 30.3 Å². The third-order valence-corrected chi connectivity index (χ3v) is 5.93. The van der Waals surface area contributed by atoms with Crippen LogP contribution in [0.3, 0.4) is 0 Å². The van der Waals surface area contributed by atoms with E-state index in [1.807, 2.05) is 29.9 Å². The first-order valence-corrected chi connectivity index (χ1v) is 9.95. The molecular weight excluding hydrogens is 368 g/mol. The van der Waals surface area contributed by atoms with Crippen LogP contribution in [0.4, 0.5) is 5.82 Å². The van der Waals surface area contributed by atoms with Gasteiger partial charge in [0.05, 0.1) is 14.2 Å². The number of hydrogen-bond acceptors (Lipinski definition) is 6. The summed E-state index contributed by atoms with van der Waals surface area (Å²) >= 11 is 0. The summed E-state index contributed by atoms with van der Waals surface area (Å²) in [4.78, 5) is 11.5. The van der Waals surface area contributed by atoms with Crippen molar-refractivity contribution >= 4 is 16.7 Å².